The van der Waals surface area contributed by atoms with Gasteiger partial charge >= 0.3 is 0 Å². The van der Waals surface area contributed by atoms with E-state index in [4.69, 9.17) is 5.73 Å². The van der Waals surface area contributed by atoms with Crippen LogP contribution in [0.15, 0.2) is 18.3 Å². The Kier molecular flexibility index (Phi) is 3.61. The van der Waals surface area contributed by atoms with E-state index in [2.05, 4.69) is 22.9 Å². The maximum absolute atomic E-state index is 12.3. The number of hydrogen-bond acceptors (Lipinski definition) is 4. The summed E-state index contributed by atoms with van der Waals surface area (Å²) < 4.78 is 0. The van der Waals surface area contributed by atoms with E-state index in [0.29, 0.717) is 5.91 Å². The molecule has 1 saturated heterocycles. The first-order valence-electron chi connectivity index (χ1n) is 7.35. The SMILES string of the molecule is Cc1ccnc(N2CCN(C(=O)C3CC(N)C3)CC2)c1. The van der Waals surface area contributed by atoms with Crippen LogP contribution in [0.3, 0.4) is 0 Å². The van der Waals surface area contributed by atoms with Gasteiger partial charge in [0.15, 0.2) is 0 Å². The average molecular weight is 274 g/mol. The summed E-state index contributed by atoms with van der Waals surface area (Å²) in [6, 6.07) is 4.34. The number of hydrogen-bond donors (Lipinski definition) is 1. The number of carbonyl (C=O) groups excluding carboxylic acids is 1. The molecule has 1 aliphatic heterocycles. The number of amides is 1. The molecule has 5 nitrogen and oxygen atoms in total. The Morgan fingerprint density at radius 1 is 1.30 bits per heavy atom. The van der Waals surface area contributed by atoms with Gasteiger partial charge in [-0.25, -0.2) is 4.98 Å². The van der Waals surface area contributed by atoms with Crippen molar-refractivity contribution < 1.29 is 4.79 Å². The van der Waals surface area contributed by atoms with Crippen molar-refractivity contribution in [3.05, 3.63) is 23.9 Å². The fourth-order valence-corrected chi connectivity index (χ4v) is 2.97. The molecule has 1 aromatic heterocycles. The second-order valence-corrected chi connectivity index (χ2v) is 5.93. The highest BCUT2D eigenvalue weighted by Crippen LogP contribution is 2.28. The molecule has 0 aromatic carbocycles. The first kappa shape index (κ1) is 13.4. The molecule has 3 rings (SSSR count). The number of pyridine rings is 1. The highest BCUT2D eigenvalue weighted by atomic mass is 16.2. The molecule has 0 radical (unpaired) electrons. The molecule has 1 aromatic rings. The average Bonchev–Trinajstić information content (AvgIpc) is 2.43. The fourth-order valence-electron chi connectivity index (χ4n) is 2.97. The third-order valence-corrected chi connectivity index (χ3v) is 4.34. The highest BCUT2D eigenvalue weighted by Gasteiger charge is 2.35. The molecule has 2 N–H and O–H groups in total. The van der Waals surface area contributed by atoms with Crippen molar-refractivity contribution in [2.45, 2.75) is 25.8 Å². The predicted octanol–water partition coefficient (Wildman–Crippen LogP) is 0.776. The van der Waals surface area contributed by atoms with Crippen LogP contribution in [0.4, 0.5) is 5.82 Å². The van der Waals surface area contributed by atoms with Crippen molar-refractivity contribution in [3.8, 4) is 0 Å². The topological polar surface area (TPSA) is 62.5 Å². The largest absolute Gasteiger partial charge is 0.353 e. The minimum atomic E-state index is 0.175. The first-order chi connectivity index (χ1) is 9.63. The van der Waals surface area contributed by atoms with E-state index in [-0.39, 0.29) is 12.0 Å². The standard InChI is InChI=1S/C15H22N4O/c1-11-2-3-17-14(8-11)18-4-6-19(7-5-18)15(20)12-9-13(16)10-12/h2-3,8,12-13H,4-7,9-10,16H2,1H3. The molecular formula is C15H22N4O. The number of rotatable bonds is 2. The van der Waals surface area contributed by atoms with E-state index in [9.17, 15) is 4.79 Å². The third-order valence-electron chi connectivity index (χ3n) is 4.34. The summed E-state index contributed by atoms with van der Waals surface area (Å²) >= 11 is 0. The van der Waals surface area contributed by atoms with Crippen molar-refractivity contribution >= 4 is 11.7 Å². The van der Waals surface area contributed by atoms with Crippen LogP contribution < -0.4 is 10.6 Å². The molecule has 1 aliphatic carbocycles. The van der Waals surface area contributed by atoms with Gasteiger partial charge < -0.3 is 15.5 Å². The highest BCUT2D eigenvalue weighted by molar-refractivity contribution is 5.80. The summed E-state index contributed by atoms with van der Waals surface area (Å²) in [6.45, 7) is 5.38. The van der Waals surface area contributed by atoms with Gasteiger partial charge in [-0.1, -0.05) is 0 Å². The van der Waals surface area contributed by atoms with E-state index >= 15 is 0 Å². The van der Waals surface area contributed by atoms with Crippen LogP contribution in [0.2, 0.25) is 0 Å². The number of nitrogens with zero attached hydrogens (tertiary/aromatic N) is 3. The lowest BCUT2D eigenvalue weighted by Gasteiger charge is -2.40. The van der Waals surface area contributed by atoms with Gasteiger partial charge in [-0.3, -0.25) is 4.79 Å². The van der Waals surface area contributed by atoms with Crippen LogP contribution in [0.5, 0.6) is 0 Å². The normalized spacial score (nSPS) is 26.3. The number of aryl methyl sites for hydroxylation is 1. The van der Waals surface area contributed by atoms with Gasteiger partial charge in [0.1, 0.15) is 5.82 Å². The van der Waals surface area contributed by atoms with Crippen LogP contribution in [0.25, 0.3) is 0 Å². The molecular weight excluding hydrogens is 252 g/mol. The Labute approximate surface area is 119 Å². The van der Waals surface area contributed by atoms with Gasteiger partial charge in [0.05, 0.1) is 0 Å². The molecule has 2 fully saturated rings. The van der Waals surface area contributed by atoms with Crippen molar-refractivity contribution in [1.29, 1.82) is 0 Å². The maximum Gasteiger partial charge on any atom is 0.225 e. The third kappa shape index (κ3) is 2.63. The molecule has 2 heterocycles. The van der Waals surface area contributed by atoms with Gasteiger partial charge in [0.2, 0.25) is 5.91 Å². The molecule has 20 heavy (non-hydrogen) atoms. The quantitative estimate of drug-likeness (QED) is 0.865. The van der Waals surface area contributed by atoms with Gasteiger partial charge in [0, 0.05) is 44.3 Å². The van der Waals surface area contributed by atoms with Crippen molar-refractivity contribution in [2.24, 2.45) is 11.7 Å². The molecule has 0 bridgehead atoms. The molecule has 5 heteroatoms. The zero-order chi connectivity index (χ0) is 14.1. The Morgan fingerprint density at radius 2 is 2.00 bits per heavy atom. The van der Waals surface area contributed by atoms with Crippen LogP contribution in [0.1, 0.15) is 18.4 Å². The van der Waals surface area contributed by atoms with Crippen molar-refractivity contribution in [1.82, 2.24) is 9.88 Å². The number of piperazine rings is 1. The molecule has 0 unspecified atom stereocenters. The second-order valence-electron chi connectivity index (χ2n) is 5.93. The monoisotopic (exact) mass is 274 g/mol. The Bertz CT molecular complexity index is 490. The first-order valence-corrected chi connectivity index (χ1v) is 7.35. The summed E-state index contributed by atoms with van der Waals surface area (Å²) in [5, 5.41) is 0. The molecule has 1 saturated carbocycles. The molecule has 0 spiro atoms. The molecule has 1 amide bonds. The molecule has 0 atom stereocenters. The summed E-state index contributed by atoms with van der Waals surface area (Å²) in [5.41, 5.74) is 6.98. The Morgan fingerprint density at radius 3 is 2.60 bits per heavy atom. The van der Waals surface area contributed by atoms with E-state index < -0.39 is 0 Å². The number of carbonyl (C=O) groups is 1. The predicted molar refractivity (Wildman–Crippen MR) is 78.5 cm³/mol. The zero-order valence-electron chi connectivity index (χ0n) is 12.0. The fraction of sp³-hybridized carbons (Fsp3) is 0.600. The van der Waals surface area contributed by atoms with E-state index in [1.165, 1.54) is 5.56 Å². The minimum absolute atomic E-state index is 0.175. The van der Waals surface area contributed by atoms with E-state index in [1.807, 2.05) is 17.2 Å². The van der Waals surface area contributed by atoms with E-state index in [0.717, 1.165) is 44.8 Å². The minimum Gasteiger partial charge on any atom is -0.353 e. The zero-order valence-corrected chi connectivity index (χ0v) is 12.0. The summed E-state index contributed by atoms with van der Waals surface area (Å²) in [4.78, 5) is 20.9. The van der Waals surface area contributed by atoms with Gasteiger partial charge in [-0.2, -0.15) is 0 Å². The smallest absolute Gasteiger partial charge is 0.225 e. The molecule has 2 aliphatic rings. The molecule has 108 valence electrons. The van der Waals surface area contributed by atoms with Crippen LogP contribution in [0, 0.1) is 12.8 Å². The van der Waals surface area contributed by atoms with Crippen LogP contribution >= 0.6 is 0 Å². The summed E-state index contributed by atoms with van der Waals surface area (Å²) in [7, 11) is 0. The van der Waals surface area contributed by atoms with Gasteiger partial charge in [0.25, 0.3) is 0 Å². The second kappa shape index (κ2) is 5.40. The Hall–Kier alpha value is -1.62. The van der Waals surface area contributed by atoms with Gasteiger partial charge in [-0.05, 0) is 37.5 Å². The summed E-state index contributed by atoms with van der Waals surface area (Å²) in [6.07, 6.45) is 3.56. The van der Waals surface area contributed by atoms with Crippen molar-refractivity contribution in [3.63, 3.8) is 0 Å². The lowest BCUT2D eigenvalue weighted by molar-refractivity contribution is -0.139. The van der Waals surface area contributed by atoms with Crippen molar-refractivity contribution in [2.75, 3.05) is 31.1 Å². The number of aromatic nitrogens is 1. The number of anilines is 1. The van der Waals surface area contributed by atoms with Crippen LogP contribution in [-0.4, -0.2) is 48.0 Å². The van der Waals surface area contributed by atoms with Gasteiger partial charge in [-0.15, -0.1) is 0 Å². The van der Waals surface area contributed by atoms with E-state index in [1.54, 1.807) is 0 Å². The Balaban J connectivity index is 1.55. The summed E-state index contributed by atoms with van der Waals surface area (Å²) in [5.74, 6) is 1.49. The number of nitrogens with two attached hydrogens (primary N) is 1. The lowest BCUT2D eigenvalue weighted by Crippen LogP contribution is -2.53. The van der Waals surface area contributed by atoms with Crippen LogP contribution in [-0.2, 0) is 4.79 Å². The maximum atomic E-state index is 12.3. The lowest BCUT2D eigenvalue weighted by atomic mass is 9.80.